The van der Waals surface area contributed by atoms with Crippen LogP contribution in [0.15, 0.2) is 18.2 Å². The quantitative estimate of drug-likeness (QED) is 0.900. The fourth-order valence-electron chi connectivity index (χ4n) is 2.23. The van der Waals surface area contributed by atoms with E-state index in [1.807, 2.05) is 29.7 Å². The van der Waals surface area contributed by atoms with E-state index < -0.39 is 5.97 Å². The first kappa shape index (κ1) is 13.3. The Morgan fingerprint density at radius 2 is 1.84 bits per heavy atom. The maximum absolute atomic E-state index is 10.7. The van der Waals surface area contributed by atoms with Crippen LogP contribution in [0.3, 0.4) is 0 Å². The highest BCUT2D eigenvalue weighted by Gasteiger charge is 2.12. The molecule has 0 saturated carbocycles. The highest BCUT2D eigenvalue weighted by molar-refractivity contribution is 5.85. The van der Waals surface area contributed by atoms with Crippen LogP contribution in [0.5, 0.6) is 11.5 Å². The van der Waals surface area contributed by atoms with E-state index in [-0.39, 0.29) is 6.42 Å². The van der Waals surface area contributed by atoms with Crippen molar-refractivity contribution in [2.45, 2.75) is 19.9 Å². The Hall–Kier alpha value is -2.17. The first-order chi connectivity index (χ1) is 9.06. The average Bonchev–Trinajstić information content (AvgIpc) is 2.69. The number of benzene rings is 1. The highest BCUT2D eigenvalue weighted by atomic mass is 16.5. The molecule has 19 heavy (non-hydrogen) atoms. The number of rotatable bonds is 5. The Morgan fingerprint density at radius 3 is 2.42 bits per heavy atom. The van der Waals surface area contributed by atoms with Gasteiger partial charge < -0.3 is 19.1 Å². The zero-order valence-corrected chi connectivity index (χ0v) is 11.3. The molecular formula is C14H17NO4. The molecule has 0 atom stereocenters. The van der Waals surface area contributed by atoms with Gasteiger partial charge in [0, 0.05) is 23.7 Å². The van der Waals surface area contributed by atoms with Crippen LogP contribution in [-0.2, 0) is 11.3 Å². The van der Waals surface area contributed by atoms with E-state index in [2.05, 4.69) is 0 Å². The summed E-state index contributed by atoms with van der Waals surface area (Å²) in [5, 5.41) is 9.81. The van der Waals surface area contributed by atoms with Crippen LogP contribution in [0.25, 0.3) is 10.9 Å². The molecule has 1 aromatic heterocycles. The van der Waals surface area contributed by atoms with Gasteiger partial charge in [0.2, 0.25) is 0 Å². The second-order valence-corrected chi connectivity index (χ2v) is 4.35. The molecule has 0 fully saturated rings. The van der Waals surface area contributed by atoms with E-state index in [1.165, 1.54) is 0 Å². The van der Waals surface area contributed by atoms with Gasteiger partial charge in [-0.1, -0.05) is 0 Å². The van der Waals surface area contributed by atoms with Crippen LogP contribution < -0.4 is 9.47 Å². The normalized spacial score (nSPS) is 10.7. The molecule has 0 aliphatic carbocycles. The standard InChI is InChI=1S/C14H17NO4/c1-9-6-10-7-12(18-2)13(19-3)8-11(10)15(9)5-4-14(16)17/h6-8H,4-5H2,1-3H3,(H,16,17). The molecule has 2 rings (SSSR count). The molecule has 0 aliphatic rings. The lowest BCUT2D eigenvalue weighted by Crippen LogP contribution is -2.05. The Labute approximate surface area is 111 Å². The van der Waals surface area contributed by atoms with Gasteiger partial charge in [0.25, 0.3) is 0 Å². The van der Waals surface area contributed by atoms with Crippen LogP contribution in [0.1, 0.15) is 12.1 Å². The summed E-state index contributed by atoms with van der Waals surface area (Å²) in [6.45, 7) is 2.40. The number of fused-ring (bicyclic) bond motifs is 1. The summed E-state index contributed by atoms with van der Waals surface area (Å²) in [5.41, 5.74) is 1.97. The van der Waals surface area contributed by atoms with Gasteiger partial charge in [0.15, 0.2) is 11.5 Å². The summed E-state index contributed by atoms with van der Waals surface area (Å²) < 4.78 is 12.5. The second-order valence-electron chi connectivity index (χ2n) is 4.35. The van der Waals surface area contributed by atoms with Crippen molar-refractivity contribution in [1.82, 2.24) is 4.57 Å². The molecule has 2 aromatic rings. The van der Waals surface area contributed by atoms with Gasteiger partial charge >= 0.3 is 5.97 Å². The molecule has 0 spiro atoms. The van der Waals surface area contributed by atoms with Crippen LogP contribution in [0.4, 0.5) is 0 Å². The lowest BCUT2D eigenvalue weighted by molar-refractivity contribution is -0.137. The molecule has 1 heterocycles. The zero-order chi connectivity index (χ0) is 14.0. The number of methoxy groups -OCH3 is 2. The molecule has 5 nitrogen and oxygen atoms in total. The van der Waals surface area contributed by atoms with Gasteiger partial charge in [-0.25, -0.2) is 0 Å². The highest BCUT2D eigenvalue weighted by Crippen LogP contribution is 2.33. The van der Waals surface area contributed by atoms with Crippen LogP contribution >= 0.6 is 0 Å². The number of carboxylic acids is 1. The van der Waals surface area contributed by atoms with Crippen LogP contribution in [-0.4, -0.2) is 29.9 Å². The summed E-state index contributed by atoms with van der Waals surface area (Å²) in [7, 11) is 3.18. The molecule has 1 aromatic carbocycles. The molecule has 0 unspecified atom stereocenters. The summed E-state index contributed by atoms with van der Waals surface area (Å²) in [5.74, 6) is 0.511. The Balaban J connectivity index is 2.52. The number of ether oxygens (including phenoxy) is 2. The maximum atomic E-state index is 10.7. The van der Waals surface area contributed by atoms with Crippen molar-refractivity contribution in [2.24, 2.45) is 0 Å². The SMILES string of the molecule is COc1cc2cc(C)n(CCC(=O)O)c2cc1OC. The maximum Gasteiger partial charge on any atom is 0.305 e. The van der Waals surface area contributed by atoms with Gasteiger partial charge in [0.05, 0.1) is 26.2 Å². The molecule has 0 amide bonds. The predicted octanol–water partition coefficient (Wildman–Crippen LogP) is 2.44. The first-order valence-corrected chi connectivity index (χ1v) is 6.00. The molecule has 0 aliphatic heterocycles. The number of aromatic nitrogens is 1. The first-order valence-electron chi connectivity index (χ1n) is 6.00. The van der Waals surface area contributed by atoms with Crippen molar-refractivity contribution in [3.63, 3.8) is 0 Å². The third-order valence-electron chi connectivity index (χ3n) is 3.16. The predicted molar refractivity (Wildman–Crippen MR) is 72.0 cm³/mol. The van der Waals surface area contributed by atoms with Gasteiger partial charge in [-0.2, -0.15) is 0 Å². The third kappa shape index (κ3) is 2.50. The van der Waals surface area contributed by atoms with E-state index in [1.54, 1.807) is 14.2 Å². The van der Waals surface area contributed by atoms with Crippen LogP contribution in [0, 0.1) is 6.92 Å². The van der Waals surface area contributed by atoms with Crippen molar-refractivity contribution in [2.75, 3.05) is 14.2 Å². The summed E-state index contributed by atoms with van der Waals surface area (Å²) >= 11 is 0. The minimum atomic E-state index is -0.804. The molecule has 0 saturated heterocycles. The minimum Gasteiger partial charge on any atom is -0.493 e. The van der Waals surface area contributed by atoms with E-state index >= 15 is 0 Å². The molecule has 5 heteroatoms. The Bertz CT molecular complexity index is 615. The molecule has 102 valence electrons. The van der Waals surface area contributed by atoms with Crippen molar-refractivity contribution < 1.29 is 19.4 Å². The van der Waals surface area contributed by atoms with Gasteiger partial charge in [-0.15, -0.1) is 0 Å². The van der Waals surface area contributed by atoms with Crippen molar-refractivity contribution in [3.05, 3.63) is 23.9 Å². The van der Waals surface area contributed by atoms with E-state index in [4.69, 9.17) is 14.6 Å². The number of hydrogen-bond acceptors (Lipinski definition) is 3. The van der Waals surface area contributed by atoms with Gasteiger partial charge in [0.1, 0.15) is 0 Å². The number of carboxylic acid groups (broad SMARTS) is 1. The number of carbonyl (C=O) groups is 1. The van der Waals surface area contributed by atoms with Crippen molar-refractivity contribution >= 4 is 16.9 Å². The third-order valence-corrected chi connectivity index (χ3v) is 3.16. The second kappa shape index (κ2) is 5.22. The molecule has 0 radical (unpaired) electrons. The number of aryl methyl sites for hydroxylation is 2. The van der Waals surface area contributed by atoms with Crippen molar-refractivity contribution in [1.29, 1.82) is 0 Å². The van der Waals surface area contributed by atoms with E-state index in [9.17, 15) is 4.79 Å². The van der Waals surface area contributed by atoms with E-state index in [0.717, 1.165) is 16.6 Å². The average molecular weight is 263 g/mol. The minimum absolute atomic E-state index is 0.0962. The zero-order valence-electron chi connectivity index (χ0n) is 11.3. The van der Waals surface area contributed by atoms with Crippen molar-refractivity contribution in [3.8, 4) is 11.5 Å². The number of aliphatic carboxylic acids is 1. The molecular weight excluding hydrogens is 246 g/mol. The lowest BCUT2D eigenvalue weighted by Gasteiger charge is -2.10. The smallest absolute Gasteiger partial charge is 0.305 e. The Morgan fingerprint density at radius 1 is 1.21 bits per heavy atom. The largest absolute Gasteiger partial charge is 0.493 e. The fraction of sp³-hybridized carbons (Fsp3) is 0.357. The van der Waals surface area contributed by atoms with Crippen LogP contribution in [0.2, 0.25) is 0 Å². The summed E-state index contributed by atoms with van der Waals surface area (Å²) in [4.78, 5) is 10.7. The number of nitrogens with zero attached hydrogens (tertiary/aromatic N) is 1. The van der Waals surface area contributed by atoms with Gasteiger partial charge in [-0.3, -0.25) is 4.79 Å². The monoisotopic (exact) mass is 263 g/mol. The topological polar surface area (TPSA) is 60.7 Å². The summed E-state index contributed by atoms with van der Waals surface area (Å²) in [6.07, 6.45) is 0.0962. The van der Waals surface area contributed by atoms with Gasteiger partial charge in [-0.05, 0) is 19.1 Å². The lowest BCUT2D eigenvalue weighted by atomic mass is 10.2. The van der Waals surface area contributed by atoms with E-state index in [0.29, 0.717) is 18.0 Å². The number of hydrogen-bond donors (Lipinski definition) is 1. The molecule has 1 N–H and O–H groups in total. The molecule has 0 bridgehead atoms. The summed E-state index contributed by atoms with van der Waals surface area (Å²) in [6, 6.07) is 5.79. The fourth-order valence-corrected chi connectivity index (χ4v) is 2.23. The Kier molecular flexibility index (Phi) is 3.64.